The summed E-state index contributed by atoms with van der Waals surface area (Å²) < 4.78 is 5.18. The van der Waals surface area contributed by atoms with Gasteiger partial charge in [0.15, 0.2) is 6.61 Å². The van der Waals surface area contributed by atoms with Crippen LogP contribution in [0.3, 0.4) is 0 Å². The highest BCUT2D eigenvalue weighted by Crippen LogP contribution is 2.29. The van der Waals surface area contributed by atoms with E-state index in [0.29, 0.717) is 11.4 Å². The van der Waals surface area contributed by atoms with Gasteiger partial charge >= 0.3 is 0 Å². The first-order valence-electron chi connectivity index (χ1n) is 4.24. The van der Waals surface area contributed by atoms with E-state index in [9.17, 15) is 4.79 Å². The van der Waals surface area contributed by atoms with Crippen LogP contribution < -0.4 is 21.5 Å². The summed E-state index contributed by atoms with van der Waals surface area (Å²) >= 11 is 0. The molecule has 5 N–H and O–H groups in total. The molecule has 1 aliphatic heterocycles. The normalized spacial score (nSPS) is 14.6. The van der Waals surface area contributed by atoms with Crippen LogP contribution in [-0.2, 0) is 4.79 Å². The Bertz CT molecular complexity index is 376. The van der Waals surface area contributed by atoms with E-state index in [1.165, 1.54) is 0 Å². The summed E-state index contributed by atoms with van der Waals surface area (Å²) in [5.74, 6) is 0.481. The maximum atomic E-state index is 11.0. The average Bonchev–Trinajstić information content (AvgIpc) is 2.16. The molecule has 1 heterocycles. The molecule has 0 aromatic heterocycles. The van der Waals surface area contributed by atoms with Gasteiger partial charge in [-0.1, -0.05) is 6.07 Å². The Labute approximate surface area is 81.0 Å². The molecule has 5 heteroatoms. The number of fused-ring (bicyclic) bond motifs is 1. The van der Waals surface area contributed by atoms with Gasteiger partial charge in [-0.2, -0.15) is 0 Å². The predicted molar refractivity (Wildman–Crippen MR) is 51.7 cm³/mol. The van der Waals surface area contributed by atoms with Crippen molar-refractivity contribution in [1.82, 2.24) is 0 Å². The molecule has 1 aromatic rings. The van der Waals surface area contributed by atoms with Gasteiger partial charge in [-0.15, -0.1) is 0 Å². The van der Waals surface area contributed by atoms with Gasteiger partial charge in [-0.3, -0.25) is 4.79 Å². The number of nitrogens with two attached hydrogens (primary N) is 2. The fraction of sp³-hybridized carbons (Fsp3) is 0.222. The van der Waals surface area contributed by atoms with Crippen LogP contribution in [0.2, 0.25) is 0 Å². The number of rotatable bonds is 1. The Morgan fingerprint density at radius 3 is 2.93 bits per heavy atom. The lowest BCUT2D eigenvalue weighted by Gasteiger charge is -2.19. The standard InChI is InChI=1S/C9H11N3O2/c10-9(11)5-1-2-7-6(3-5)12-8(13)4-14-7/h1-3,9H,4,10-11H2,(H,12,13). The zero-order chi connectivity index (χ0) is 10.1. The lowest BCUT2D eigenvalue weighted by Crippen LogP contribution is -2.26. The molecule has 5 nitrogen and oxygen atoms in total. The van der Waals surface area contributed by atoms with Crippen LogP contribution in [0.25, 0.3) is 0 Å². The maximum absolute atomic E-state index is 11.0. The molecule has 1 aromatic carbocycles. The average molecular weight is 193 g/mol. The quantitative estimate of drug-likeness (QED) is 0.545. The van der Waals surface area contributed by atoms with E-state index >= 15 is 0 Å². The van der Waals surface area contributed by atoms with Crippen molar-refractivity contribution in [3.63, 3.8) is 0 Å². The second kappa shape index (κ2) is 3.28. The number of ether oxygens (including phenoxy) is 1. The first-order chi connectivity index (χ1) is 6.66. The van der Waals surface area contributed by atoms with Crippen molar-refractivity contribution in [2.24, 2.45) is 11.5 Å². The van der Waals surface area contributed by atoms with Crippen LogP contribution in [0.15, 0.2) is 18.2 Å². The largest absolute Gasteiger partial charge is 0.482 e. The first kappa shape index (κ1) is 8.98. The van der Waals surface area contributed by atoms with Gasteiger partial charge in [0.05, 0.1) is 11.9 Å². The summed E-state index contributed by atoms with van der Waals surface area (Å²) in [7, 11) is 0. The van der Waals surface area contributed by atoms with Gasteiger partial charge in [-0.05, 0) is 17.7 Å². The molecule has 1 amide bonds. The van der Waals surface area contributed by atoms with Gasteiger partial charge in [0.2, 0.25) is 0 Å². The zero-order valence-corrected chi connectivity index (χ0v) is 7.49. The van der Waals surface area contributed by atoms with Gasteiger partial charge in [0.25, 0.3) is 5.91 Å². The van der Waals surface area contributed by atoms with Crippen LogP contribution >= 0.6 is 0 Å². The number of benzene rings is 1. The maximum Gasteiger partial charge on any atom is 0.262 e. The van der Waals surface area contributed by atoms with Gasteiger partial charge in [0.1, 0.15) is 5.75 Å². The van der Waals surface area contributed by atoms with Crippen molar-refractivity contribution in [2.45, 2.75) is 6.17 Å². The van der Waals surface area contributed by atoms with E-state index < -0.39 is 6.17 Å². The minimum Gasteiger partial charge on any atom is -0.482 e. The van der Waals surface area contributed by atoms with E-state index in [2.05, 4.69) is 5.32 Å². The lowest BCUT2D eigenvalue weighted by atomic mass is 10.1. The Balaban J connectivity index is 2.37. The summed E-state index contributed by atoms with van der Waals surface area (Å²) in [6.07, 6.45) is -0.542. The highest BCUT2D eigenvalue weighted by molar-refractivity contribution is 5.95. The molecule has 0 aliphatic carbocycles. The van der Waals surface area contributed by atoms with Crippen molar-refractivity contribution in [3.8, 4) is 5.75 Å². The molecule has 0 spiro atoms. The lowest BCUT2D eigenvalue weighted by molar-refractivity contribution is -0.118. The molecular weight excluding hydrogens is 182 g/mol. The summed E-state index contributed by atoms with van der Waals surface area (Å²) in [5, 5.41) is 2.68. The smallest absolute Gasteiger partial charge is 0.262 e. The fourth-order valence-corrected chi connectivity index (χ4v) is 1.31. The molecule has 2 rings (SSSR count). The fourth-order valence-electron chi connectivity index (χ4n) is 1.31. The molecule has 0 atom stereocenters. The predicted octanol–water partition coefficient (Wildman–Crippen LogP) is -0.0665. The van der Waals surface area contributed by atoms with E-state index in [4.69, 9.17) is 16.2 Å². The molecule has 1 aliphatic rings. The minimum absolute atomic E-state index is 0.0566. The SMILES string of the molecule is NC(N)c1ccc2c(c1)NC(=O)CO2. The molecule has 0 saturated heterocycles. The third kappa shape index (κ3) is 1.55. The number of hydrogen-bond donors (Lipinski definition) is 3. The second-order valence-electron chi connectivity index (χ2n) is 3.12. The van der Waals surface area contributed by atoms with Crippen molar-refractivity contribution < 1.29 is 9.53 Å². The van der Waals surface area contributed by atoms with Gasteiger partial charge < -0.3 is 21.5 Å². The van der Waals surface area contributed by atoms with E-state index in [1.807, 2.05) is 0 Å². The van der Waals surface area contributed by atoms with Crippen LogP contribution in [0.4, 0.5) is 5.69 Å². The third-order valence-corrected chi connectivity index (χ3v) is 2.02. The Morgan fingerprint density at radius 2 is 2.21 bits per heavy atom. The van der Waals surface area contributed by atoms with Crippen LogP contribution in [0.5, 0.6) is 5.75 Å². The molecule has 74 valence electrons. The van der Waals surface area contributed by atoms with E-state index in [-0.39, 0.29) is 12.5 Å². The van der Waals surface area contributed by atoms with E-state index in [1.54, 1.807) is 18.2 Å². The monoisotopic (exact) mass is 193 g/mol. The number of nitrogens with one attached hydrogen (secondary N) is 1. The molecular formula is C9H11N3O2. The van der Waals surface area contributed by atoms with Crippen molar-refractivity contribution in [1.29, 1.82) is 0 Å². The molecule has 14 heavy (non-hydrogen) atoms. The molecule has 0 unspecified atom stereocenters. The Hall–Kier alpha value is -1.59. The summed E-state index contributed by atoms with van der Waals surface area (Å²) in [5.41, 5.74) is 12.4. The highest BCUT2D eigenvalue weighted by Gasteiger charge is 2.16. The minimum atomic E-state index is -0.542. The molecule has 0 saturated carbocycles. The van der Waals surface area contributed by atoms with Crippen LogP contribution in [-0.4, -0.2) is 12.5 Å². The first-order valence-corrected chi connectivity index (χ1v) is 4.24. The van der Waals surface area contributed by atoms with Gasteiger partial charge in [-0.25, -0.2) is 0 Å². The topological polar surface area (TPSA) is 90.4 Å². The van der Waals surface area contributed by atoms with Crippen molar-refractivity contribution in [2.75, 3.05) is 11.9 Å². The third-order valence-electron chi connectivity index (χ3n) is 2.02. The number of anilines is 1. The summed E-state index contributed by atoms with van der Waals surface area (Å²) in [4.78, 5) is 11.0. The number of carbonyl (C=O) groups is 1. The van der Waals surface area contributed by atoms with Crippen molar-refractivity contribution >= 4 is 11.6 Å². The molecule has 0 bridgehead atoms. The summed E-state index contributed by atoms with van der Waals surface area (Å²) in [6.45, 7) is 0.0566. The van der Waals surface area contributed by atoms with E-state index in [0.717, 1.165) is 5.56 Å². The zero-order valence-electron chi connectivity index (χ0n) is 7.49. The Morgan fingerprint density at radius 1 is 1.43 bits per heavy atom. The van der Waals surface area contributed by atoms with Gasteiger partial charge in [0, 0.05) is 0 Å². The summed E-state index contributed by atoms with van der Waals surface area (Å²) in [6, 6.07) is 5.24. The Kier molecular flexibility index (Phi) is 2.11. The van der Waals surface area contributed by atoms with Crippen LogP contribution in [0.1, 0.15) is 11.7 Å². The highest BCUT2D eigenvalue weighted by atomic mass is 16.5. The number of amides is 1. The van der Waals surface area contributed by atoms with Crippen LogP contribution in [0, 0.1) is 0 Å². The number of carbonyl (C=O) groups excluding carboxylic acids is 1. The number of hydrogen-bond acceptors (Lipinski definition) is 4. The second-order valence-corrected chi connectivity index (χ2v) is 3.12. The molecule has 0 radical (unpaired) electrons. The molecule has 0 fully saturated rings. The van der Waals surface area contributed by atoms with Crippen molar-refractivity contribution in [3.05, 3.63) is 23.8 Å².